The Kier molecular flexibility index (Phi) is 7.21. The number of carbonyl (C=O) groups is 2. The van der Waals surface area contributed by atoms with E-state index in [2.05, 4.69) is 20.9 Å². The van der Waals surface area contributed by atoms with Gasteiger partial charge in [-0.3, -0.25) is 20.2 Å². The number of benzene rings is 2. The molecule has 2 aromatic carbocycles. The van der Waals surface area contributed by atoms with Crippen LogP contribution < -0.4 is 16.0 Å². The number of likely N-dealkylation sites (tertiary alicyclic amines) is 1. The normalized spacial score (nSPS) is 27.2. The summed E-state index contributed by atoms with van der Waals surface area (Å²) in [7, 11) is 4.00. The predicted octanol–water partition coefficient (Wildman–Crippen LogP) is 3.41. The van der Waals surface area contributed by atoms with Crippen molar-refractivity contribution in [1.29, 1.82) is 0 Å². The van der Waals surface area contributed by atoms with Crippen LogP contribution in [-0.2, 0) is 20.7 Å². The van der Waals surface area contributed by atoms with Gasteiger partial charge in [0.2, 0.25) is 11.8 Å². The zero-order valence-electron chi connectivity index (χ0n) is 25.3. The second kappa shape index (κ2) is 10.9. The molecule has 0 bridgehead atoms. The van der Waals surface area contributed by atoms with Crippen LogP contribution in [0.2, 0.25) is 0 Å². The molecule has 2 amide bonds. The van der Waals surface area contributed by atoms with Gasteiger partial charge in [-0.05, 0) is 79.5 Å². The summed E-state index contributed by atoms with van der Waals surface area (Å²) in [5.74, 6) is -3.92. The van der Waals surface area contributed by atoms with Crippen molar-refractivity contribution in [2.45, 2.75) is 38.6 Å². The number of aromatic hydroxyl groups is 1. The fourth-order valence-corrected chi connectivity index (χ4v) is 7.40. The molecule has 0 aromatic heterocycles. The molecule has 7 rings (SSSR count). The minimum Gasteiger partial charge on any atom is -0.508 e. The van der Waals surface area contributed by atoms with Crippen molar-refractivity contribution in [2.24, 2.45) is 17.3 Å². The molecule has 0 radical (unpaired) electrons. The first-order valence-electron chi connectivity index (χ1n) is 15.3. The number of hydrogen-bond acceptors (Lipinski definition) is 8. The summed E-state index contributed by atoms with van der Waals surface area (Å²) < 4.78 is 54.3. The van der Waals surface area contributed by atoms with Crippen LogP contribution in [0.1, 0.15) is 30.9 Å². The second-order valence-corrected chi connectivity index (χ2v) is 13.1. The fourth-order valence-electron chi connectivity index (χ4n) is 7.40. The third-order valence-electron chi connectivity index (χ3n) is 9.68. The Hall–Kier alpha value is -3.87. The molecule has 2 saturated heterocycles. The maximum Gasteiger partial charge on any atom is 0.232 e. The molecule has 4 atom stereocenters. The Balaban J connectivity index is 1.31. The molecule has 1 saturated carbocycles. The molecule has 3 aliphatic heterocycles. The van der Waals surface area contributed by atoms with E-state index in [-0.39, 0.29) is 59.2 Å². The maximum atomic E-state index is 16.9. The van der Waals surface area contributed by atoms with E-state index in [1.807, 2.05) is 14.1 Å². The first-order valence-corrected chi connectivity index (χ1v) is 15.3. The quantitative estimate of drug-likeness (QED) is 0.332. The molecule has 9 nitrogen and oxygen atoms in total. The minimum atomic E-state index is -1.16. The number of aryl methyl sites for hydroxylation is 1. The van der Waals surface area contributed by atoms with Gasteiger partial charge in [-0.1, -0.05) is 13.0 Å². The number of hydrogen-bond donors (Lipinski definition) is 4. The smallest absolute Gasteiger partial charge is 0.232 e. The molecule has 2 aromatic rings. The summed E-state index contributed by atoms with van der Waals surface area (Å²) >= 11 is 0. The number of phenols is 1. The number of fused-ring (bicyclic) bond motifs is 3. The van der Waals surface area contributed by atoms with Gasteiger partial charge in [0.15, 0.2) is 6.35 Å². The lowest BCUT2D eigenvalue weighted by Gasteiger charge is -2.40. The Morgan fingerprint density at radius 2 is 1.80 bits per heavy atom. The lowest BCUT2D eigenvalue weighted by atomic mass is 9.86. The van der Waals surface area contributed by atoms with Gasteiger partial charge in [-0.25, -0.2) is 13.2 Å². The van der Waals surface area contributed by atoms with Gasteiger partial charge in [0, 0.05) is 30.6 Å². The zero-order valence-corrected chi connectivity index (χ0v) is 25.3. The van der Waals surface area contributed by atoms with Gasteiger partial charge >= 0.3 is 0 Å². The summed E-state index contributed by atoms with van der Waals surface area (Å²) in [6, 6.07) is 4.31. The van der Waals surface area contributed by atoms with Crippen molar-refractivity contribution in [3.8, 4) is 5.75 Å². The van der Waals surface area contributed by atoms with Gasteiger partial charge in [0.25, 0.3) is 0 Å². The van der Waals surface area contributed by atoms with Crippen LogP contribution in [0.15, 0.2) is 53.4 Å². The molecule has 2 aliphatic carbocycles. The SMILES string of the molecule is CCc1c(F)ccc2cc(O)cc(C3=C(F)C4NC(OCC5(CN(C)C)CC5)NC(N5CC6C(=O)NC(=O)C6C5)=C4C=C3F)c12. The van der Waals surface area contributed by atoms with E-state index in [0.29, 0.717) is 28.8 Å². The van der Waals surface area contributed by atoms with Gasteiger partial charge in [0.05, 0.1) is 30.1 Å². The van der Waals surface area contributed by atoms with Crippen molar-refractivity contribution in [2.75, 3.05) is 40.3 Å². The number of allylic oxidation sites excluding steroid dienone is 2. The summed E-state index contributed by atoms with van der Waals surface area (Å²) in [6.45, 7) is 3.38. The highest BCUT2D eigenvalue weighted by atomic mass is 19.1. The van der Waals surface area contributed by atoms with Crippen molar-refractivity contribution in [1.82, 2.24) is 25.8 Å². The molecular weight excluding hydrogens is 587 g/mol. The molecule has 4 N–H and O–H groups in total. The number of rotatable bonds is 8. The van der Waals surface area contributed by atoms with E-state index in [1.54, 1.807) is 11.8 Å². The lowest BCUT2D eigenvalue weighted by molar-refractivity contribution is -0.126. The standard InChI is InChI=1S/C33H36F3N5O4/c1-4-18-23(34)6-5-16-9-17(42)10-19(25(16)18)26-24(35)11-20-28(27(26)36)37-32(45-15-33(7-8-33)14-40(2)3)38-29(20)41-12-21-22(13-41)31(44)39-30(21)43/h5-6,9-11,21-22,28,32,37-38,42H,4,7-8,12-15H2,1-3H3,(H,39,43,44). The largest absolute Gasteiger partial charge is 0.508 e. The summed E-state index contributed by atoms with van der Waals surface area (Å²) in [4.78, 5) is 28.8. The second-order valence-electron chi connectivity index (χ2n) is 13.1. The lowest BCUT2D eigenvalue weighted by Crippen LogP contribution is -2.58. The molecular formula is C33H36F3N5O4. The fraction of sp³-hybridized carbons (Fsp3) is 0.455. The van der Waals surface area contributed by atoms with E-state index in [9.17, 15) is 19.1 Å². The highest BCUT2D eigenvalue weighted by molar-refractivity contribution is 6.06. The molecule has 238 valence electrons. The van der Waals surface area contributed by atoms with Crippen molar-refractivity contribution >= 4 is 28.2 Å². The molecule has 4 unspecified atom stereocenters. The Morgan fingerprint density at radius 1 is 1.09 bits per heavy atom. The Morgan fingerprint density at radius 3 is 2.44 bits per heavy atom. The molecule has 0 spiro atoms. The Labute approximate surface area is 258 Å². The summed E-state index contributed by atoms with van der Waals surface area (Å²) in [5, 5.41) is 20.1. The van der Waals surface area contributed by atoms with Crippen LogP contribution in [0.4, 0.5) is 13.2 Å². The number of phenolic OH excluding ortho intramolecular Hbond substituents is 1. The van der Waals surface area contributed by atoms with Crippen molar-refractivity contribution < 1.29 is 32.6 Å². The van der Waals surface area contributed by atoms with E-state index >= 15 is 8.78 Å². The van der Waals surface area contributed by atoms with E-state index in [0.717, 1.165) is 19.4 Å². The van der Waals surface area contributed by atoms with Crippen LogP contribution >= 0.6 is 0 Å². The van der Waals surface area contributed by atoms with Crippen LogP contribution in [0.3, 0.4) is 0 Å². The molecule has 3 fully saturated rings. The van der Waals surface area contributed by atoms with Gasteiger partial charge in [-0.2, -0.15) is 0 Å². The van der Waals surface area contributed by atoms with Crippen molar-refractivity contribution in [3.05, 3.63) is 70.3 Å². The number of ether oxygens (including phenoxy) is 1. The first-order chi connectivity index (χ1) is 21.5. The topological polar surface area (TPSA) is 106 Å². The predicted molar refractivity (Wildman–Crippen MR) is 161 cm³/mol. The zero-order chi connectivity index (χ0) is 31.8. The van der Waals surface area contributed by atoms with E-state index in [1.165, 1.54) is 30.3 Å². The highest BCUT2D eigenvalue weighted by Crippen LogP contribution is 2.47. The number of amides is 2. The van der Waals surface area contributed by atoms with Crippen LogP contribution in [0, 0.1) is 23.1 Å². The van der Waals surface area contributed by atoms with Crippen LogP contribution in [0.25, 0.3) is 16.3 Å². The molecule has 12 heteroatoms. The van der Waals surface area contributed by atoms with Gasteiger partial charge in [0.1, 0.15) is 29.0 Å². The number of imide groups is 1. The number of carbonyl (C=O) groups excluding carboxylic acids is 2. The summed E-state index contributed by atoms with van der Waals surface area (Å²) in [6.07, 6.45) is 2.62. The first kappa shape index (κ1) is 29.8. The summed E-state index contributed by atoms with van der Waals surface area (Å²) in [5.41, 5.74) is 0.191. The maximum absolute atomic E-state index is 16.9. The third kappa shape index (κ3) is 5.08. The van der Waals surface area contributed by atoms with E-state index in [4.69, 9.17) is 4.74 Å². The number of halogens is 3. The highest BCUT2D eigenvalue weighted by Gasteiger charge is 2.50. The van der Waals surface area contributed by atoms with Crippen LogP contribution in [0.5, 0.6) is 5.75 Å². The monoisotopic (exact) mass is 623 g/mol. The van der Waals surface area contributed by atoms with Crippen molar-refractivity contribution in [3.63, 3.8) is 0 Å². The number of nitrogens with one attached hydrogen (secondary N) is 3. The number of nitrogens with zero attached hydrogens (tertiary/aromatic N) is 2. The van der Waals surface area contributed by atoms with E-state index < -0.39 is 41.7 Å². The average Bonchev–Trinajstić information content (AvgIpc) is 3.49. The van der Waals surface area contributed by atoms with Gasteiger partial charge in [-0.15, -0.1) is 0 Å². The molecule has 45 heavy (non-hydrogen) atoms. The Bertz CT molecular complexity index is 1690. The third-order valence-corrected chi connectivity index (χ3v) is 9.68. The minimum absolute atomic E-state index is 0.0224. The van der Waals surface area contributed by atoms with Gasteiger partial charge < -0.3 is 25.0 Å². The molecule has 5 aliphatic rings. The molecule has 3 heterocycles. The average molecular weight is 624 g/mol. The van der Waals surface area contributed by atoms with Crippen LogP contribution in [-0.4, -0.2) is 79.5 Å².